The van der Waals surface area contributed by atoms with Gasteiger partial charge < -0.3 is 15.2 Å². The van der Waals surface area contributed by atoms with Crippen molar-refractivity contribution in [3.63, 3.8) is 0 Å². The average molecular weight is 332 g/mol. The lowest BCUT2D eigenvalue weighted by atomic mass is 9.82. The zero-order valence-corrected chi connectivity index (χ0v) is 13.3. The van der Waals surface area contributed by atoms with Crippen LogP contribution in [0.5, 0.6) is 0 Å². The molecule has 2 rings (SSSR count). The van der Waals surface area contributed by atoms with Gasteiger partial charge in [0.05, 0.1) is 18.4 Å². The first-order valence-corrected chi connectivity index (χ1v) is 7.73. The molecule has 1 aromatic carbocycles. The van der Waals surface area contributed by atoms with Crippen molar-refractivity contribution in [3.05, 3.63) is 36.4 Å². The third kappa shape index (κ3) is 4.58. The Morgan fingerprint density at radius 2 is 1.58 bits per heavy atom. The molecule has 0 heterocycles. The van der Waals surface area contributed by atoms with Gasteiger partial charge in [-0.1, -0.05) is 12.2 Å². The molecule has 1 aliphatic carbocycles. The van der Waals surface area contributed by atoms with Crippen LogP contribution in [0.3, 0.4) is 0 Å². The van der Waals surface area contributed by atoms with Crippen molar-refractivity contribution in [2.75, 3.05) is 17.2 Å². The summed E-state index contributed by atoms with van der Waals surface area (Å²) in [4.78, 5) is 34.9. The van der Waals surface area contributed by atoms with E-state index >= 15 is 0 Å². The molecule has 0 spiro atoms. The summed E-state index contributed by atoms with van der Waals surface area (Å²) < 4.78 is 4.77. The van der Waals surface area contributed by atoms with Crippen LogP contribution in [0.4, 0.5) is 16.2 Å². The Morgan fingerprint density at radius 1 is 1.04 bits per heavy atom. The van der Waals surface area contributed by atoms with Crippen LogP contribution in [0, 0.1) is 11.8 Å². The highest BCUT2D eigenvalue weighted by molar-refractivity contribution is 5.95. The second-order valence-electron chi connectivity index (χ2n) is 5.41. The minimum absolute atomic E-state index is 0.278. The van der Waals surface area contributed by atoms with E-state index in [0.29, 0.717) is 24.2 Å². The Kier molecular flexibility index (Phi) is 5.95. The maximum Gasteiger partial charge on any atom is 0.411 e. The molecule has 128 valence electrons. The number of carbonyl (C=O) groups is 3. The minimum atomic E-state index is -0.964. The van der Waals surface area contributed by atoms with Crippen LogP contribution in [-0.4, -0.2) is 29.7 Å². The van der Waals surface area contributed by atoms with Gasteiger partial charge in [-0.25, -0.2) is 4.79 Å². The zero-order valence-electron chi connectivity index (χ0n) is 13.3. The lowest BCUT2D eigenvalue weighted by Gasteiger charge is -2.24. The molecule has 0 saturated heterocycles. The highest BCUT2D eigenvalue weighted by Crippen LogP contribution is 2.27. The van der Waals surface area contributed by atoms with Crippen LogP contribution in [0.15, 0.2) is 36.4 Å². The Bertz CT molecular complexity index is 639. The van der Waals surface area contributed by atoms with Crippen LogP contribution in [0.2, 0.25) is 0 Å². The van der Waals surface area contributed by atoms with E-state index in [9.17, 15) is 19.5 Å². The van der Waals surface area contributed by atoms with Crippen molar-refractivity contribution in [1.82, 2.24) is 0 Å². The number of ether oxygens (including phenoxy) is 1. The van der Waals surface area contributed by atoms with E-state index in [1.165, 1.54) is 0 Å². The first kappa shape index (κ1) is 17.5. The molecule has 1 aromatic rings. The number of carbonyl (C=O) groups excluding carboxylic acids is 2. The quantitative estimate of drug-likeness (QED) is 0.719. The number of carboxylic acid groups (broad SMARTS) is 1. The number of rotatable bonds is 5. The summed E-state index contributed by atoms with van der Waals surface area (Å²) in [6.45, 7) is 1.99. The molecule has 0 radical (unpaired) electrons. The molecule has 2 amide bonds. The van der Waals surface area contributed by atoms with Gasteiger partial charge in [-0.15, -0.1) is 0 Å². The van der Waals surface area contributed by atoms with E-state index in [1.807, 2.05) is 6.08 Å². The van der Waals surface area contributed by atoms with E-state index in [-0.39, 0.29) is 12.5 Å². The SMILES string of the molecule is CCOC(=O)Nc1ccc(NC(=O)C2CC=CCC2C(=O)O)cc1. The van der Waals surface area contributed by atoms with Gasteiger partial charge in [0.15, 0.2) is 0 Å². The fraction of sp³-hybridized carbons (Fsp3) is 0.353. The van der Waals surface area contributed by atoms with Gasteiger partial charge in [-0.2, -0.15) is 0 Å². The van der Waals surface area contributed by atoms with Crippen LogP contribution in [0.1, 0.15) is 19.8 Å². The number of carboxylic acids is 1. The van der Waals surface area contributed by atoms with E-state index < -0.39 is 23.9 Å². The molecule has 2 atom stereocenters. The van der Waals surface area contributed by atoms with Gasteiger partial charge in [0.25, 0.3) is 0 Å². The molecule has 1 aliphatic rings. The van der Waals surface area contributed by atoms with Crippen molar-refractivity contribution in [2.45, 2.75) is 19.8 Å². The highest BCUT2D eigenvalue weighted by Gasteiger charge is 2.33. The number of hydrogen-bond acceptors (Lipinski definition) is 4. The van der Waals surface area contributed by atoms with Crippen LogP contribution in [-0.2, 0) is 14.3 Å². The molecule has 0 aliphatic heterocycles. The van der Waals surface area contributed by atoms with E-state index in [4.69, 9.17) is 4.74 Å². The van der Waals surface area contributed by atoms with Crippen LogP contribution in [0.25, 0.3) is 0 Å². The largest absolute Gasteiger partial charge is 0.481 e. The summed E-state index contributed by atoms with van der Waals surface area (Å²) in [7, 11) is 0. The Labute approximate surface area is 139 Å². The third-order valence-corrected chi connectivity index (χ3v) is 3.76. The van der Waals surface area contributed by atoms with Gasteiger partial charge in [0.2, 0.25) is 5.91 Å². The van der Waals surface area contributed by atoms with Gasteiger partial charge in [-0.3, -0.25) is 14.9 Å². The third-order valence-electron chi connectivity index (χ3n) is 3.76. The van der Waals surface area contributed by atoms with Gasteiger partial charge in [-0.05, 0) is 44.0 Å². The van der Waals surface area contributed by atoms with Crippen molar-refractivity contribution in [1.29, 1.82) is 0 Å². The summed E-state index contributed by atoms with van der Waals surface area (Å²) in [6, 6.07) is 6.52. The smallest absolute Gasteiger partial charge is 0.411 e. The first-order valence-electron chi connectivity index (χ1n) is 7.73. The lowest BCUT2D eigenvalue weighted by Crippen LogP contribution is -2.34. The number of anilines is 2. The fourth-order valence-electron chi connectivity index (χ4n) is 2.53. The fourth-order valence-corrected chi connectivity index (χ4v) is 2.53. The molecule has 0 fully saturated rings. The standard InChI is InChI=1S/C17H20N2O5/c1-2-24-17(23)19-12-9-7-11(8-10-12)18-15(20)13-5-3-4-6-14(13)16(21)22/h3-4,7-10,13-14H,2,5-6H2,1H3,(H,18,20)(H,19,23)(H,21,22). The second-order valence-corrected chi connectivity index (χ2v) is 5.41. The predicted octanol–water partition coefficient (Wildman–Crippen LogP) is 2.86. The number of nitrogens with one attached hydrogen (secondary N) is 2. The molecule has 7 nitrogen and oxygen atoms in total. The van der Waals surface area contributed by atoms with Crippen LogP contribution < -0.4 is 10.6 Å². The summed E-state index contributed by atoms with van der Waals surface area (Å²) in [5.41, 5.74) is 1.07. The topological polar surface area (TPSA) is 105 Å². The molecule has 0 bridgehead atoms. The molecule has 3 N–H and O–H groups in total. The molecular formula is C17H20N2O5. The van der Waals surface area contributed by atoms with E-state index in [0.717, 1.165) is 0 Å². The number of aliphatic carboxylic acids is 1. The number of hydrogen-bond donors (Lipinski definition) is 3. The van der Waals surface area contributed by atoms with Gasteiger partial charge in [0.1, 0.15) is 0 Å². The Morgan fingerprint density at radius 3 is 2.12 bits per heavy atom. The summed E-state index contributed by atoms with van der Waals surface area (Å²) in [6.07, 6.45) is 3.84. The maximum absolute atomic E-state index is 12.3. The molecular weight excluding hydrogens is 312 g/mol. The normalized spacial score (nSPS) is 19.4. The van der Waals surface area contributed by atoms with Crippen LogP contribution >= 0.6 is 0 Å². The Hall–Kier alpha value is -2.83. The number of amides is 2. The molecule has 0 saturated carbocycles. The number of allylic oxidation sites excluding steroid dienone is 2. The number of benzene rings is 1. The van der Waals surface area contributed by atoms with Crippen molar-refractivity contribution in [3.8, 4) is 0 Å². The van der Waals surface area contributed by atoms with Gasteiger partial charge >= 0.3 is 12.1 Å². The first-order chi connectivity index (χ1) is 11.5. The van der Waals surface area contributed by atoms with E-state index in [2.05, 4.69) is 10.6 Å². The second kappa shape index (κ2) is 8.14. The summed E-state index contributed by atoms with van der Waals surface area (Å²) in [5, 5.41) is 14.5. The van der Waals surface area contributed by atoms with Crippen molar-refractivity contribution >= 4 is 29.3 Å². The predicted molar refractivity (Wildman–Crippen MR) is 88.7 cm³/mol. The lowest BCUT2D eigenvalue weighted by molar-refractivity contribution is -0.146. The molecule has 2 unspecified atom stereocenters. The summed E-state index contributed by atoms with van der Waals surface area (Å²) in [5.74, 6) is -2.59. The monoisotopic (exact) mass is 332 g/mol. The van der Waals surface area contributed by atoms with Crippen molar-refractivity contribution in [2.24, 2.45) is 11.8 Å². The summed E-state index contributed by atoms with van der Waals surface area (Å²) >= 11 is 0. The molecule has 24 heavy (non-hydrogen) atoms. The van der Waals surface area contributed by atoms with E-state index in [1.54, 1.807) is 37.3 Å². The highest BCUT2D eigenvalue weighted by atomic mass is 16.5. The molecule has 7 heteroatoms. The van der Waals surface area contributed by atoms with Gasteiger partial charge in [0, 0.05) is 11.4 Å². The average Bonchev–Trinajstić information content (AvgIpc) is 2.56. The molecule has 0 aromatic heterocycles. The maximum atomic E-state index is 12.3. The van der Waals surface area contributed by atoms with Crippen molar-refractivity contribution < 1.29 is 24.2 Å². The minimum Gasteiger partial charge on any atom is -0.481 e. The zero-order chi connectivity index (χ0) is 17.5. The Balaban J connectivity index is 1.97.